The number of nitrogens with zero attached hydrogens (tertiary/aromatic N) is 2. The lowest BCUT2D eigenvalue weighted by Gasteiger charge is -2.02. The Labute approximate surface area is 81.0 Å². The predicted molar refractivity (Wildman–Crippen MR) is 52.5 cm³/mol. The zero-order valence-electron chi connectivity index (χ0n) is 7.47. The lowest BCUT2D eigenvalue weighted by molar-refractivity contribution is 0.518. The molecule has 0 bridgehead atoms. The minimum absolute atomic E-state index is 0.411. The highest BCUT2D eigenvalue weighted by atomic mass is 16.3. The standard InChI is InChI=1S/C9H10N4O/c10-8-5-13-9(6-11-8)12-4-7-2-1-3-14-7/h1-3,5-6H,4H2,(H2,10,11)(H,12,13). The lowest BCUT2D eigenvalue weighted by Crippen LogP contribution is -2.01. The van der Waals surface area contributed by atoms with Gasteiger partial charge in [-0.2, -0.15) is 0 Å². The van der Waals surface area contributed by atoms with Gasteiger partial charge in [-0.1, -0.05) is 0 Å². The van der Waals surface area contributed by atoms with Gasteiger partial charge in [0, 0.05) is 0 Å². The van der Waals surface area contributed by atoms with Gasteiger partial charge in [-0.15, -0.1) is 0 Å². The van der Waals surface area contributed by atoms with E-state index in [1.54, 1.807) is 12.5 Å². The highest BCUT2D eigenvalue weighted by Crippen LogP contribution is 2.05. The van der Waals surface area contributed by atoms with Crippen molar-refractivity contribution in [2.24, 2.45) is 0 Å². The maximum Gasteiger partial charge on any atom is 0.145 e. The highest BCUT2D eigenvalue weighted by Gasteiger charge is 1.96. The smallest absolute Gasteiger partial charge is 0.145 e. The fourth-order valence-electron chi connectivity index (χ4n) is 1.02. The monoisotopic (exact) mass is 190 g/mol. The summed E-state index contributed by atoms with van der Waals surface area (Å²) in [5.74, 6) is 1.94. The summed E-state index contributed by atoms with van der Waals surface area (Å²) in [5.41, 5.74) is 5.40. The molecule has 0 fully saturated rings. The molecule has 72 valence electrons. The van der Waals surface area contributed by atoms with E-state index >= 15 is 0 Å². The predicted octanol–water partition coefficient (Wildman–Crippen LogP) is 1.26. The first kappa shape index (κ1) is 8.55. The molecule has 3 N–H and O–H groups in total. The molecule has 0 atom stereocenters. The second-order valence-corrected chi connectivity index (χ2v) is 2.76. The van der Waals surface area contributed by atoms with Crippen molar-refractivity contribution in [2.45, 2.75) is 6.54 Å². The van der Waals surface area contributed by atoms with Crippen molar-refractivity contribution in [1.82, 2.24) is 9.97 Å². The van der Waals surface area contributed by atoms with E-state index in [4.69, 9.17) is 10.2 Å². The Morgan fingerprint density at radius 2 is 2.29 bits per heavy atom. The molecule has 0 amide bonds. The molecule has 0 aliphatic heterocycles. The van der Waals surface area contributed by atoms with E-state index in [1.807, 2.05) is 12.1 Å². The first-order valence-corrected chi connectivity index (χ1v) is 4.18. The third kappa shape index (κ3) is 2.01. The van der Waals surface area contributed by atoms with Crippen molar-refractivity contribution in [2.75, 3.05) is 11.1 Å². The van der Waals surface area contributed by atoms with Crippen LogP contribution in [0.4, 0.5) is 11.6 Å². The van der Waals surface area contributed by atoms with Crippen LogP contribution in [0.5, 0.6) is 0 Å². The van der Waals surface area contributed by atoms with Crippen molar-refractivity contribution in [3.05, 3.63) is 36.5 Å². The summed E-state index contributed by atoms with van der Waals surface area (Å²) in [5, 5.41) is 3.05. The number of rotatable bonds is 3. The number of hydrogen-bond acceptors (Lipinski definition) is 5. The normalized spacial score (nSPS) is 10.0. The second-order valence-electron chi connectivity index (χ2n) is 2.76. The molecule has 0 saturated carbocycles. The zero-order chi connectivity index (χ0) is 9.80. The van der Waals surface area contributed by atoms with Gasteiger partial charge in [0.1, 0.15) is 17.4 Å². The second kappa shape index (κ2) is 3.78. The minimum Gasteiger partial charge on any atom is -0.467 e. The number of anilines is 2. The molecule has 0 aromatic carbocycles. The summed E-state index contributed by atoms with van der Waals surface area (Å²) < 4.78 is 5.14. The average molecular weight is 190 g/mol. The van der Waals surface area contributed by atoms with Crippen LogP contribution in [-0.2, 0) is 6.54 Å². The van der Waals surface area contributed by atoms with Gasteiger partial charge < -0.3 is 15.5 Å². The first-order chi connectivity index (χ1) is 6.84. The van der Waals surface area contributed by atoms with E-state index in [-0.39, 0.29) is 0 Å². The topological polar surface area (TPSA) is 77.0 Å². The van der Waals surface area contributed by atoms with Crippen molar-refractivity contribution in [3.8, 4) is 0 Å². The van der Waals surface area contributed by atoms with Crippen LogP contribution in [0.25, 0.3) is 0 Å². The summed E-state index contributed by atoms with van der Waals surface area (Å²) >= 11 is 0. The highest BCUT2D eigenvalue weighted by molar-refractivity contribution is 5.36. The summed E-state index contributed by atoms with van der Waals surface area (Å²) in [7, 11) is 0. The van der Waals surface area contributed by atoms with Crippen LogP contribution in [-0.4, -0.2) is 9.97 Å². The lowest BCUT2D eigenvalue weighted by atomic mass is 10.4. The van der Waals surface area contributed by atoms with E-state index in [0.717, 1.165) is 5.76 Å². The van der Waals surface area contributed by atoms with E-state index in [1.165, 1.54) is 6.20 Å². The molecule has 2 rings (SSSR count). The third-order valence-electron chi connectivity index (χ3n) is 1.70. The van der Waals surface area contributed by atoms with Crippen LogP contribution in [0, 0.1) is 0 Å². The first-order valence-electron chi connectivity index (χ1n) is 4.18. The molecule has 0 saturated heterocycles. The molecule has 0 unspecified atom stereocenters. The molecule has 5 heteroatoms. The molecule has 2 aromatic heterocycles. The van der Waals surface area contributed by atoms with Crippen LogP contribution in [0.2, 0.25) is 0 Å². The van der Waals surface area contributed by atoms with Crippen LogP contribution in [0.3, 0.4) is 0 Å². The van der Waals surface area contributed by atoms with E-state index in [2.05, 4.69) is 15.3 Å². The molecule has 0 radical (unpaired) electrons. The Morgan fingerprint density at radius 3 is 2.93 bits per heavy atom. The van der Waals surface area contributed by atoms with Crippen LogP contribution >= 0.6 is 0 Å². The van der Waals surface area contributed by atoms with Gasteiger partial charge in [0.25, 0.3) is 0 Å². The fourth-order valence-corrected chi connectivity index (χ4v) is 1.02. The Morgan fingerprint density at radius 1 is 1.36 bits per heavy atom. The Hall–Kier alpha value is -2.04. The van der Waals surface area contributed by atoms with Crippen LogP contribution < -0.4 is 11.1 Å². The number of aromatic nitrogens is 2. The molecule has 0 spiro atoms. The molecule has 14 heavy (non-hydrogen) atoms. The fraction of sp³-hybridized carbons (Fsp3) is 0.111. The summed E-state index contributed by atoms with van der Waals surface area (Å²) in [4.78, 5) is 7.94. The van der Waals surface area contributed by atoms with Crippen molar-refractivity contribution < 1.29 is 4.42 Å². The van der Waals surface area contributed by atoms with Crippen molar-refractivity contribution >= 4 is 11.6 Å². The Balaban J connectivity index is 1.95. The zero-order valence-corrected chi connectivity index (χ0v) is 7.47. The number of furan rings is 1. The van der Waals surface area contributed by atoms with Crippen LogP contribution in [0.15, 0.2) is 35.2 Å². The Kier molecular flexibility index (Phi) is 2.31. The molecule has 2 aromatic rings. The summed E-state index contributed by atoms with van der Waals surface area (Å²) in [6.07, 6.45) is 4.72. The van der Waals surface area contributed by atoms with E-state index < -0.39 is 0 Å². The van der Waals surface area contributed by atoms with Crippen molar-refractivity contribution in [3.63, 3.8) is 0 Å². The summed E-state index contributed by atoms with van der Waals surface area (Å²) in [6.45, 7) is 0.589. The molecular formula is C9H10N4O. The van der Waals surface area contributed by atoms with Gasteiger partial charge in [0.2, 0.25) is 0 Å². The average Bonchev–Trinajstić information content (AvgIpc) is 2.70. The summed E-state index contributed by atoms with van der Waals surface area (Å²) in [6, 6.07) is 3.73. The number of nitrogens with one attached hydrogen (secondary N) is 1. The molecular weight excluding hydrogens is 180 g/mol. The number of nitrogens with two attached hydrogens (primary N) is 1. The maximum atomic E-state index is 5.40. The number of nitrogen functional groups attached to an aromatic ring is 1. The van der Waals surface area contributed by atoms with Gasteiger partial charge in [0.15, 0.2) is 0 Å². The minimum atomic E-state index is 0.411. The third-order valence-corrected chi connectivity index (χ3v) is 1.70. The maximum absolute atomic E-state index is 5.40. The largest absolute Gasteiger partial charge is 0.467 e. The molecule has 0 aliphatic carbocycles. The molecule has 2 heterocycles. The SMILES string of the molecule is Nc1cnc(NCc2ccco2)cn1. The quantitative estimate of drug-likeness (QED) is 0.762. The Bertz CT molecular complexity index is 382. The van der Waals surface area contributed by atoms with Crippen LogP contribution in [0.1, 0.15) is 5.76 Å². The van der Waals surface area contributed by atoms with Crippen molar-refractivity contribution in [1.29, 1.82) is 0 Å². The van der Waals surface area contributed by atoms with Gasteiger partial charge >= 0.3 is 0 Å². The van der Waals surface area contributed by atoms with E-state index in [9.17, 15) is 0 Å². The molecule has 0 aliphatic rings. The van der Waals surface area contributed by atoms with E-state index in [0.29, 0.717) is 18.2 Å². The van der Waals surface area contributed by atoms with Gasteiger partial charge in [-0.3, -0.25) is 0 Å². The van der Waals surface area contributed by atoms with Gasteiger partial charge in [-0.05, 0) is 12.1 Å². The van der Waals surface area contributed by atoms with Gasteiger partial charge in [-0.25, -0.2) is 9.97 Å². The molecule has 5 nitrogen and oxygen atoms in total. The van der Waals surface area contributed by atoms with Gasteiger partial charge in [0.05, 0.1) is 25.2 Å². The number of hydrogen-bond donors (Lipinski definition) is 2.